The molecule has 2 saturated carbocycles. The molecule has 0 heterocycles. The Morgan fingerprint density at radius 3 is 0.667 bits per heavy atom. The predicted octanol–water partition coefficient (Wildman–Crippen LogP) is 3.40. The summed E-state index contributed by atoms with van der Waals surface area (Å²) in [6.07, 6.45) is 23.3. The fourth-order valence-electron chi connectivity index (χ4n) is 0.642. The Morgan fingerprint density at radius 1 is 0.467 bits per heavy atom. The third kappa shape index (κ3) is 17.0. The molecule has 15 heavy (non-hydrogen) atoms. The normalized spacial score (nSPS) is 17.3. The van der Waals surface area contributed by atoms with Crippen molar-refractivity contribution in [2.45, 2.75) is 0 Å². The maximum Gasteiger partial charge on any atom is 0 e. The van der Waals surface area contributed by atoms with E-state index in [0.29, 0.717) is 0 Å². The van der Waals surface area contributed by atoms with Crippen LogP contribution in [-0.2, 0) is 25.8 Å². The molecule has 0 aliphatic heterocycles. The van der Waals surface area contributed by atoms with Crippen molar-refractivity contribution in [1.29, 1.82) is 0 Å². The topological polar surface area (TPSA) is 0 Å². The molecular formula is C14H16Hf. The van der Waals surface area contributed by atoms with Gasteiger partial charge in [0, 0.05) is 25.8 Å². The molecule has 1 heteroatoms. The van der Waals surface area contributed by atoms with E-state index in [9.17, 15) is 0 Å². The second-order valence-corrected chi connectivity index (χ2v) is 2.40. The summed E-state index contributed by atoms with van der Waals surface area (Å²) in [5.74, 6) is 0. The Balaban J connectivity index is 0. The van der Waals surface area contributed by atoms with E-state index in [2.05, 4.69) is 13.2 Å². The van der Waals surface area contributed by atoms with E-state index in [-0.39, 0.29) is 25.8 Å². The van der Waals surface area contributed by atoms with Gasteiger partial charge in [-0.15, -0.1) is 0 Å². The quantitative estimate of drug-likeness (QED) is 0.495. The first-order chi connectivity index (χ1) is 6.91. The molecule has 0 bridgehead atoms. The van der Waals surface area contributed by atoms with E-state index in [1.165, 1.54) is 0 Å². The maximum atomic E-state index is 3.36. The van der Waals surface area contributed by atoms with Gasteiger partial charge in [0.15, 0.2) is 0 Å². The summed E-state index contributed by atoms with van der Waals surface area (Å²) in [5.41, 5.74) is 0. The van der Waals surface area contributed by atoms with Gasteiger partial charge in [0.25, 0.3) is 0 Å². The second-order valence-electron chi connectivity index (χ2n) is 2.40. The fourth-order valence-corrected chi connectivity index (χ4v) is 0.642. The summed E-state index contributed by atoms with van der Waals surface area (Å²) in [6.45, 7) is 6.72. The Labute approximate surface area is 115 Å². The molecule has 76 valence electrons. The van der Waals surface area contributed by atoms with Crippen molar-refractivity contribution in [3.63, 3.8) is 0 Å². The van der Waals surface area contributed by atoms with Crippen LogP contribution in [0.4, 0.5) is 0 Å². The number of allylic oxidation sites excluding steroid dienone is 2. The van der Waals surface area contributed by atoms with Crippen molar-refractivity contribution < 1.29 is 25.8 Å². The molecule has 0 aromatic carbocycles. The minimum atomic E-state index is 0. The summed E-state index contributed by atoms with van der Waals surface area (Å²) in [7, 11) is 0. The fraction of sp³-hybridized carbons (Fsp3) is 0. The zero-order valence-corrected chi connectivity index (χ0v) is 12.4. The van der Waals surface area contributed by atoms with Crippen LogP contribution in [0.5, 0.6) is 0 Å². The molecule has 0 aromatic heterocycles. The van der Waals surface area contributed by atoms with Gasteiger partial charge in [-0.3, -0.25) is 0 Å². The van der Waals surface area contributed by atoms with Crippen molar-refractivity contribution in [1.82, 2.24) is 0 Å². The molecule has 0 saturated heterocycles. The number of hydrogen-bond donors (Lipinski definition) is 0. The van der Waals surface area contributed by atoms with E-state index in [1.807, 2.05) is 64.2 Å². The zero-order valence-electron chi connectivity index (χ0n) is 8.84. The van der Waals surface area contributed by atoms with E-state index >= 15 is 0 Å². The van der Waals surface area contributed by atoms with Crippen LogP contribution in [0.3, 0.4) is 0 Å². The molecule has 0 amide bonds. The van der Waals surface area contributed by atoms with E-state index < -0.39 is 0 Å². The average molecular weight is 363 g/mol. The molecule has 0 unspecified atom stereocenters. The first kappa shape index (κ1) is 17.7. The largest absolute Gasteiger partial charge is 0.0991 e. The van der Waals surface area contributed by atoms with Gasteiger partial charge >= 0.3 is 0 Å². The maximum absolute atomic E-state index is 3.36. The van der Waals surface area contributed by atoms with Crippen molar-refractivity contribution in [3.05, 3.63) is 89.5 Å². The van der Waals surface area contributed by atoms with Gasteiger partial charge in [-0.2, -0.15) is 0 Å². The number of rotatable bonds is 1. The number of hydrogen-bond acceptors (Lipinski definition) is 0. The van der Waals surface area contributed by atoms with Crippen molar-refractivity contribution >= 4 is 0 Å². The van der Waals surface area contributed by atoms with Gasteiger partial charge in [-0.05, 0) is 64.2 Å². The zero-order chi connectivity index (χ0) is 10.5. The molecule has 0 nitrogen and oxygen atoms in total. The van der Waals surface area contributed by atoms with Crippen LogP contribution in [0.25, 0.3) is 0 Å². The first-order valence-corrected chi connectivity index (χ1v) is 4.48. The Bertz CT molecular complexity index is 90.1. The molecule has 0 N–H and O–H groups in total. The van der Waals surface area contributed by atoms with Crippen LogP contribution >= 0.6 is 0 Å². The van der Waals surface area contributed by atoms with Crippen LogP contribution < -0.4 is 0 Å². The van der Waals surface area contributed by atoms with Crippen LogP contribution in [0.15, 0.2) is 25.3 Å². The van der Waals surface area contributed by atoms with Crippen LogP contribution in [-0.4, -0.2) is 0 Å². The molecule has 10 radical (unpaired) electrons. The van der Waals surface area contributed by atoms with Crippen LogP contribution in [0.2, 0.25) is 0 Å². The Kier molecular flexibility index (Phi) is 19.8. The summed E-state index contributed by atoms with van der Waals surface area (Å²) in [6, 6.07) is 0. The molecule has 2 fully saturated rings. The Morgan fingerprint density at radius 2 is 0.600 bits per heavy atom. The summed E-state index contributed by atoms with van der Waals surface area (Å²) >= 11 is 0. The molecule has 2 rings (SSSR count). The molecule has 2 aliphatic carbocycles. The van der Waals surface area contributed by atoms with Gasteiger partial charge in [0.2, 0.25) is 0 Å². The van der Waals surface area contributed by atoms with E-state index in [0.717, 1.165) is 0 Å². The predicted molar refractivity (Wildman–Crippen MR) is 63.4 cm³/mol. The van der Waals surface area contributed by atoms with Crippen molar-refractivity contribution in [2.75, 3.05) is 0 Å². The average Bonchev–Trinajstić information content (AvgIpc) is 2.94. The van der Waals surface area contributed by atoms with E-state index in [1.54, 1.807) is 12.2 Å². The van der Waals surface area contributed by atoms with Crippen molar-refractivity contribution in [3.8, 4) is 0 Å². The third-order valence-corrected chi connectivity index (χ3v) is 1.28. The van der Waals surface area contributed by atoms with Gasteiger partial charge in [0.1, 0.15) is 0 Å². The Hall–Kier alpha value is 0.350. The summed E-state index contributed by atoms with van der Waals surface area (Å²) < 4.78 is 0. The molecule has 0 spiro atoms. The smallest absolute Gasteiger partial charge is 0 e. The minimum absolute atomic E-state index is 0. The first-order valence-electron chi connectivity index (χ1n) is 4.48. The molecule has 0 atom stereocenters. The summed E-state index contributed by atoms with van der Waals surface area (Å²) in [5, 5.41) is 0. The molecule has 2 aliphatic rings. The van der Waals surface area contributed by atoms with Gasteiger partial charge in [-0.1, -0.05) is 25.3 Å². The standard InChI is InChI=1S/2C5H5.C4H6.Hf/c2*1-2-4-5-3-1;1-3-4-2;/h2*1-5H;3-4H,1-2H2;. The molecular weight excluding hydrogens is 347 g/mol. The SMILES string of the molecule is C=CC=C.[CH]1[CH][CH][CH][CH]1.[CH]1[CH][CH][CH][CH]1.[Hf]. The van der Waals surface area contributed by atoms with Gasteiger partial charge in [-0.25, -0.2) is 0 Å². The minimum Gasteiger partial charge on any atom is -0.0991 e. The van der Waals surface area contributed by atoms with E-state index in [4.69, 9.17) is 0 Å². The molecule has 0 aromatic rings. The van der Waals surface area contributed by atoms with Crippen LogP contribution in [0.1, 0.15) is 0 Å². The van der Waals surface area contributed by atoms with Gasteiger partial charge in [0.05, 0.1) is 0 Å². The monoisotopic (exact) mass is 364 g/mol. The third-order valence-electron chi connectivity index (χ3n) is 1.28. The van der Waals surface area contributed by atoms with Crippen molar-refractivity contribution in [2.24, 2.45) is 0 Å². The van der Waals surface area contributed by atoms with Gasteiger partial charge < -0.3 is 0 Å². The summed E-state index contributed by atoms with van der Waals surface area (Å²) in [4.78, 5) is 0. The van der Waals surface area contributed by atoms with Crippen LogP contribution in [0, 0.1) is 64.2 Å². The second kappa shape index (κ2) is 16.8.